The van der Waals surface area contributed by atoms with E-state index in [0.29, 0.717) is 0 Å². The third-order valence-corrected chi connectivity index (χ3v) is 4.97. The van der Waals surface area contributed by atoms with Gasteiger partial charge in [-0.15, -0.1) is 11.6 Å². The molecule has 0 rings (SSSR count). The van der Waals surface area contributed by atoms with E-state index in [4.69, 9.17) is 11.6 Å². The molecule has 0 aliphatic carbocycles. The minimum Gasteiger partial charge on any atom is -0.120 e. The van der Waals surface area contributed by atoms with Crippen LogP contribution in [0.2, 0.25) is 0 Å². The maximum absolute atomic E-state index is 6.20. The molecule has 144 valence electrons. The van der Waals surface area contributed by atoms with Crippen LogP contribution in [0, 0.1) is 0 Å². The average molecular weight is 357 g/mol. The van der Waals surface area contributed by atoms with Crippen LogP contribution in [0.15, 0.2) is 12.2 Å². The Labute approximate surface area is 158 Å². The van der Waals surface area contributed by atoms with Crippen LogP contribution in [0.25, 0.3) is 0 Å². The van der Waals surface area contributed by atoms with E-state index in [1.807, 2.05) is 0 Å². The van der Waals surface area contributed by atoms with Crippen molar-refractivity contribution in [3.63, 3.8) is 0 Å². The molecule has 0 amide bonds. The number of alkyl halides is 1. The summed E-state index contributed by atoms with van der Waals surface area (Å²) in [7, 11) is 0. The summed E-state index contributed by atoms with van der Waals surface area (Å²) in [6.07, 6.45) is 28.1. The molecule has 0 aliphatic rings. The fraction of sp³-hybridized carbons (Fsp3) is 0.913. The first-order valence-corrected chi connectivity index (χ1v) is 11.3. The second-order valence-corrected chi connectivity index (χ2v) is 9.14. The highest BCUT2D eigenvalue weighted by molar-refractivity contribution is 6.23. The SMILES string of the molecule is CCCCCCCCCC=CCCCCCCCCCC(C)(C)Cl. The maximum Gasteiger partial charge on any atom is 0.0390 e. The van der Waals surface area contributed by atoms with Gasteiger partial charge >= 0.3 is 0 Å². The van der Waals surface area contributed by atoms with Crippen molar-refractivity contribution in [2.24, 2.45) is 0 Å². The van der Waals surface area contributed by atoms with Crippen molar-refractivity contribution in [3.05, 3.63) is 12.2 Å². The zero-order chi connectivity index (χ0) is 17.9. The fourth-order valence-electron chi connectivity index (χ4n) is 3.15. The van der Waals surface area contributed by atoms with Gasteiger partial charge in [0.2, 0.25) is 0 Å². The van der Waals surface area contributed by atoms with Crippen molar-refractivity contribution in [3.8, 4) is 0 Å². The molecule has 0 aromatic rings. The van der Waals surface area contributed by atoms with Gasteiger partial charge < -0.3 is 0 Å². The van der Waals surface area contributed by atoms with E-state index < -0.39 is 0 Å². The molecular formula is C23H45Cl. The molecule has 0 N–H and O–H groups in total. The lowest BCUT2D eigenvalue weighted by Crippen LogP contribution is -2.08. The Balaban J connectivity index is 3.11. The molecule has 0 heterocycles. The van der Waals surface area contributed by atoms with Gasteiger partial charge in [0.25, 0.3) is 0 Å². The average Bonchev–Trinajstić information content (AvgIpc) is 2.52. The first kappa shape index (κ1) is 24.0. The summed E-state index contributed by atoms with van der Waals surface area (Å²) in [6, 6.07) is 0. The lowest BCUT2D eigenvalue weighted by atomic mass is 10.0. The largest absolute Gasteiger partial charge is 0.120 e. The molecule has 0 spiro atoms. The Hall–Kier alpha value is 0.0300. The topological polar surface area (TPSA) is 0 Å². The summed E-state index contributed by atoms with van der Waals surface area (Å²) in [5.74, 6) is 0. The van der Waals surface area contributed by atoms with Gasteiger partial charge in [0.1, 0.15) is 0 Å². The Morgan fingerprint density at radius 2 is 0.958 bits per heavy atom. The quantitative estimate of drug-likeness (QED) is 0.130. The summed E-state index contributed by atoms with van der Waals surface area (Å²) in [5.41, 5.74) is 0. The standard InChI is InChI=1S/C23H45Cl/c1-4-5-6-7-8-9-10-11-12-13-14-15-16-17-18-19-20-21-22-23(2,3)24/h12-13H,4-11,14-22H2,1-3H3. The Bertz CT molecular complexity index is 262. The molecule has 24 heavy (non-hydrogen) atoms. The van der Waals surface area contributed by atoms with Crippen molar-refractivity contribution < 1.29 is 0 Å². The Morgan fingerprint density at radius 3 is 1.38 bits per heavy atom. The number of halogens is 1. The van der Waals surface area contributed by atoms with Crippen molar-refractivity contribution in [1.29, 1.82) is 0 Å². The molecule has 0 aromatic heterocycles. The van der Waals surface area contributed by atoms with Crippen LogP contribution in [0.1, 0.15) is 130 Å². The van der Waals surface area contributed by atoms with Crippen molar-refractivity contribution in [2.75, 3.05) is 0 Å². The van der Waals surface area contributed by atoms with E-state index in [1.54, 1.807) is 0 Å². The summed E-state index contributed by atoms with van der Waals surface area (Å²) in [5, 5.41) is 0. The zero-order valence-corrected chi connectivity index (χ0v) is 17.8. The van der Waals surface area contributed by atoms with Gasteiger partial charge in [-0.05, 0) is 46.0 Å². The second-order valence-electron chi connectivity index (χ2n) is 8.11. The van der Waals surface area contributed by atoms with Crippen LogP contribution >= 0.6 is 11.6 Å². The van der Waals surface area contributed by atoms with Crippen molar-refractivity contribution >= 4 is 11.6 Å². The van der Waals surface area contributed by atoms with E-state index in [9.17, 15) is 0 Å². The normalized spacial score (nSPS) is 12.3. The smallest absolute Gasteiger partial charge is 0.0390 e. The van der Waals surface area contributed by atoms with E-state index in [1.165, 1.54) is 103 Å². The molecule has 0 bridgehead atoms. The van der Waals surface area contributed by atoms with Crippen molar-refractivity contribution in [1.82, 2.24) is 0 Å². The first-order valence-electron chi connectivity index (χ1n) is 10.9. The van der Waals surface area contributed by atoms with Crippen LogP contribution < -0.4 is 0 Å². The minimum atomic E-state index is 0.00138. The molecule has 1 heteroatoms. The minimum absolute atomic E-state index is 0.00138. The number of allylic oxidation sites excluding steroid dienone is 2. The lowest BCUT2D eigenvalue weighted by molar-refractivity contribution is 0.529. The van der Waals surface area contributed by atoms with Gasteiger partial charge in [0.15, 0.2) is 0 Å². The number of rotatable bonds is 18. The van der Waals surface area contributed by atoms with Gasteiger partial charge in [0.05, 0.1) is 0 Å². The zero-order valence-electron chi connectivity index (χ0n) is 17.1. The summed E-state index contributed by atoms with van der Waals surface area (Å²) >= 11 is 6.20. The molecule has 0 radical (unpaired) electrons. The van der Waals surface area contributed by atoms with Gasteiger partial charge in [0, 0.05) is 4.87 Å². The second kappa shape index (κ2) is 17.8. The highest BCUT2D eigenvalue weighted by Crippen LogP contribution is 2.21. The third-order valence-electron chi connectivity index (χ3n) is 4.78. The molecule has 0 saturated heterocycles. The van der Waals surface area contributed by atoms with Gasteiger partial charge in [-0.25, -0.2) is 0 Å². The third kappa shape index (κ3) is 22.0. The highest BCUT2D eigenvalue weighted by Gasteiger charge is 2.11. The molecule has 0 unspecified atom stereocenters. The van der Waals surface area contributed by atoms with Crippen LogP contribution in [-0.2, 0) is 0 Å². The van der Waals surface area contributed by atoms with Crippen LogP contribution in [-0.4, -0.2) is 4.87 Å². The highest BCUT2D eigenvalue weighted by atomic mass is 35.5. The molecule has 0 aliphatic heterocycles. The van der Waals surface area contributed by atoms with Crippen LogP contribution in [0.5, 0.6) is 0 Å². The fourth-order valence-corrected chi connectivity index (χ4v) is 3.28. The summed E-state index contributed by atoms with van der Waals surface area (Å²) in [6.45, 7) is 6.53. The monoisotopic (exact) mass is 356 g/mol. The Kier molecular flexibility index (Phi) is 17.9. The molecular weight excluding hydrogens is 312 g/mol. The maximum atomic E-state index is 6.20. The Morgan fingerprint density at radius 1 is 0.583 bits per heavy atom. The van der Waals surface area contributed by atoms with E-state index >= 15 is 0 Å². The number of hydrogen-bond donors (Lipinski definition) is 0. The van der Waals surface area contributed by atoms with Gasteiger partial charge in [-0.2, -0.15) is 0 Å². The van der Waals surface area contributed by atoms with E-state index in [-0.39, 0.29) is 4.87 Å². The van der Waals surface area contributed by atoms with E-state index in [2.05, 4.69) is 32.9 Å². The van der Waals surface area contributed by atoms with Gasteiger partial charge in [-0.3, -0.25) is 0 Å². The predicted molar refractivity (Wildman–Crippen MR) is 113 cm³/mol. The van der Waals surface area contributed by atoms with Crippen LogP contribution in [0.4, 0.5) is 0 Å². The lowest BCUT2D eigenvalue weighted by Gasteiger charge is -2.14. The van der Waals surface area contributed by atoms with E-state index in [0.717, 1.165) is 6.42 Å². The molecule has 0 saturated carbocycles. The number of unbranched alkanes of at least 4 members (excludes halogenated alkanes) is 14. The summed E-state index contributed by atoms with van der Waals surface area (Å²) < 4.78 is 0. The molecule has 0 nitrogen and oxygen atoms in total. The number of hydrogen-bond acceptors (Lipinski definition) is 0. The van der Waals surface area contributed by atoms with Crippen LogP contribution in [0.3, 0.4) is 0 Å². The summed E-state index contributed by atoms with van der Waals surface area (Å²) in [4.78, 5) is 0.00138. The molecule has 0 fully saturated rings. The molecule has 0 atom stereocenters. The molecule has 0 aromatic carbocycles. The van der Waals surface area contributed by atoms with Crippen molar-refractivity contribution in [2.45, 2.75) is 135 Å². The predicted octanol–water partition coefficient (Wildman–Crippen LogP) is 9.21. The van der Waals surface area contributed by atoms with Gasteiger partial charge in [-0.1, -0.05) is 96.1 Å². The first-order chi connectivity index (χ1) is 11.6.